The Morgan fingerprint density at radius 3 is 3.00 bits per heavy atom. The molecule has 3 nitrogen and oxygen atoms in total. The maximum absolute atomic E-state index is 6.13. The summed E-state index contributed by atoms with van der Waals surface area (Å²) in [7, 11) is 0. The van der Waals surface area contributed by atoms with E-state index in [1.807, 2.05) is 25.1 Å². The Labute approximate surface area is 107 Å². The van der Waals surface area contributed by atoms with Gasteiger partial charge in [0.25, 0.3) is 0 Å². The molecule has 1 aliphatic rings. The molecule has 2 atom stereocenters. The van der Waals surface area contributed by atoms with Crippen LogP contribution in [-0.2, 0) is 4.74 Å². The van der Waals surface area contributed by atoms with Crippen LogP contribution in [0.15, 0.2) is 18.2 Å². The van der Waals surface area contributed by atoms with E-state index >= 15 is 0 Å². The standard InChI is InChI=1S/C13H18ClNO2/c1-9(15)12-5-4-10(7-13(12)14)17-8-11-3-2-6-16-11/h4-5,7,9,11H,2-3,6,8,15H2,1H3. The van der Waals surface area contributed by atoms with E-state index in [2.05, 4.69) is 0 Å². The predicted octanol–water partition coefficient (Wildman–Crippen LogP) is 2.92. The fourth-order valence-corrected chi connectivity index (χ4v) is 2.27. The highest BCUT2D eigenvalue weighted by molar-refractivity contribution is 6.31. The minimum atomic E-state index is -0.0604. The molecule has 1 aliphatic heterocycles. The summed E-state index contributed by atoms with van der Waals surface area (Å²) in [4.78, 5) is 0. The SMILES string of the molecule is CC(N)c1ccc(OCC2CCCO2)cc1Cl. The average molecular weight is 256 g/mol. The number of hydrogen-bond donors (Lipinski definition) is 1. The van der Waals surface area contributed by atoms with Crippen molar-refractivity contribution in [3.05, 3.63) is 28.8 Å². The summed E-state index contributed by atoms with van der Waals surface area (Å²) in [6, 6.07) is 5.57. The molecular formula is C13H18ClNO2. The van der Waals surface area contributed by atoms with Gasteiger partial charge >= 0.3 is 0 Å². The van der Waals surface area contributed by atoms with E-state index < -0.39 is 0 Å². The molecule has 0 aliphatic carbocycles. The van der Waals surface area contributed by atoms with Crippen molar-refractivity contribution in [1.82, 2.24) is 0 Å². The van der Waals surface area contributed by atoms with Crippen LogP contribution in [0, 0.1) is 0 Å². The summed E-state index contributed by atoms with van der Waals surface area (Å²) in [5, 5.41) is 0.657. The van der Waals surface area contributed by atoms with Gasteiger partial charge in [0.2, 0.25) is 0 Å². The zero-order valence-corrected chi connectivity index (χ0v) is 10.7. The first-order valence-corrected chi connectivity index (χ1v) is 6.34. The molecule has 1 aromatic carbocycles. The van der Waals surface area contributed by atoms with E-state index in [0.717, 1.165) is 30.8 Å². The van der Waals surface area contributed by atoms with Crippen LogP contribution in [-0.4, -0.2) is 19.3 Å². The topological polar surface area (TPSA) is 44.5 Å². The van der Waals surface area contributed by atoms with Gasteiger partial charge < -0.3 is 15.2 Å². The molecule has 0 amide bonds. The molecule has 1 saturated heterocycles. The van der Waals surface area contributed by atoms with Gasteiger partial charge in [-0.05, 0) is 37.5 Å². The first-order valence-electron chi connectivity index (χ1n) is 5.96. The third-order valence-electron chi connectivity index (χ3n) is 2.92. The van der Waals surface area contributed by atoms with Gasteiger partial charge in [0.15, 0.2) is 0 Å². The number of rotatable bonds is 4. The van der Waals surface area contributed by atoms with Gasteiger partial charge in [-0.2, -0.15) is 0 Å². The maximum Gasteiger partial charge on any atom is 0.120 e. The molecule has 2 rings (SSSR count). The van der Waals surface area contributed by atoms with Gasteiger partial charge in [-0.3, -0.25) is 0 Å². The van der Waals surface area contributed by atoms with Crippen molar-refractivity contribution < 1.29 is 9.47 Å². The zero-order valence-electron chi connectivity index (χ0n) is 9.99. The van der Waals surface area contributed by atoms with Gasteiger partial charge in [-0.15, -0.1) is 0 Å². The number of ether oxygens (including phenoxy) is 2. The highest BCUT2D eigenvalue weighted by atomic mass is 35.5. The molecule has 2 unspecified atom stereocenters. The molecule has 0 bridgehead atoms. The molecule has 4 heteroatoms. The quantitative estimate of drug-likeness (QED) is 0.900. The van der Waals surface area contributed by atoms with E-state index in [4.69, 9.17) is 26.8 Å². The molecule has 0 spiro atoms. The van der Waals surface area contributed by atoms with Gasteiger partial charge in [0.05, 0.1) is 6.10 Å². The smallest absolute Gasteiger partial charge is 0.120 e. The van der Waals surface area contributed by atoms with E-state index in [1.54, 1.807) is 0 Å². The minimum absolute atomic E-state index is 0.0604. The zero-order chi connectivity index (χ0) is 12.3. The van der Waals surface area contributed by atoms with Crippen LogP contribution < -0.4 is 10.5 Å². The van der Waals surface area contributed by atoms with Crippen molar-refractivity contribution in [1.29, 1.82) is 0 Å². The first kappa shape index (κ1) is 12.7. The van der Waals surface area contributed by atoms with E-state index in [0.29, 0.717) is 11.6 Å². The van der Waals surface area contributed by atoms with E-state index in [-0.39, 0.29) is 12.1 Å². The predicted molar refractivity (Wildman–Crippen MR) is 68.5 cm³/mol. The Kier molecular flexibility index (Phi) is 4.26. The fraction of sp³-hybridized carbons (Fsp3) is 0.538. The van der Waals surface area contributed by atoms with Crippen molar-refractivity contribution in [3.63, 3.8) is 0 Å². The van der Waals surface area contributed by atoms with Gasteiger partial charge in [-0.1, -0.05) is 17.7 Å². The van der Waals surface area contributed by atoms with Crippen molar-refractivity contribution in [2.24, 2.45) is 5.73 Å². The molecule has 0 aromatic heterocycles. The van der Waals surface area contributed by atoms with E-state index in [1.165, 1.54) is 0 Å². The number of benzene rings is 1. The van der Waals surface area contributed by atoms with Crippen LogP contribution in [0.2, 0.25) is 5.02 Å². The highest BCUT2D eigenvalue weighted by Gasteiger charge is 2.16. The van der Waals surface area contributed by atoms with Crippen LogP contribution in [0.1, 0.15) is 31.4 Å². The average Bonchev–Trinajstić information content (AvgIpc) is 2.78. The van der Waals surface area contributed by atoms with Gasteiger partial charge in [-0.25, -0.2) is 0 Å². The molecule has 0 saturated carbocycles. The summed E-state index contributed by atoms with van der Waals surface area (Å²) < 4.78 is 11.1. The lowest BCUT2D eigenvalue weighted by atomic mass is 10.1. The molecule has 17 heavy (non-hydrogen) atoms. The molecule has 94 valence electrons. The fourth-order valence-electron chi connectivity index (χ4n) is 1.93. The molecular weight excluding hydrogens is 238 g/mol. The molecule has 0 radical (unpaired) electrons. The Hall–Kier alpha value is -0.770. The normalized spacial score (nSPS) is 21.5. The van der Waals surface area contributed by atoms with Crippen LogP contribution in [0.3, 0.4) is 0 Å². The third-order valence-corrected chi connectivity index (χ3v) is 3.25. The van der Waals surface area contributed by atoms with Crippen LogP contribution >= 0.6 is 11.6 Å². The Morgan fingerprint density at radius 2 is 2.41 bits per heavy atom. The van der Waals surface area contributed by atoms with Crippen LogP contribution in [0.4, 0.5) is 0 Å². The third kappa shape index (κ3) is 3.35. The summed E-state index contributed by atoms with van der Waals surface area (Å²) in [5.74, 6) is 0.773. The summed E-state index contributed by atoms with van der Waals surface area (Å²) in [6.45, 7) is 3.35. The minimum Gasteiger partial charge on any atom is -0.491 e. The number of halogens is 1. The Balaban J connectivity index is 1.94. The van der Waals surface area contributed by atoms with Gasteiger partial charge in [0.1, 0.15) is 12.4 Å². The highest BCUT2D eigenvalue weighted by Crippen LogP contribution is 2.26. The number of hydrogen-bond acceptors (Lipinski definition) is 3. The lowest BCUT2D eigenvalue weighted by Crippen LogP contribution is -2.16. The van der Waals surface area contributed by atoms with Crippen molar-refractivity contribution in [3.8, 4) is 5.75 Å². The molecule has 2 N–H and O–H groups in total. The second-order valence-corrected chi connectivity index (χ2v) is 4.83. The Morgan fingerprint density at radius 1 is 1.59 bits per heavy atom. The lowest BCUT2D eigenvalue weighted by Gasteiger charge is -2.13. The molecule has 1 fully saturated rings. The Bertz CT molecular complexity index is 376. The van der Waals surface area contributed by atoms with Crippen LogP contribution in [0.5, 0.6) is 5.75 Å². The van der Waals surface area contributed by atoms with Crippen LogP contribution in [0.25, 0.3) is 0 Å². The summed E-state index contributed by atoms with van der Waals surface area (Å²) >= 11 is 6.13. The lowest BCUT2D eigenvalue weighted by molar-refractivity contribution is 0.0679. The summed E-state index contributed by atoms with van der Waals surface area (Å²) in [6.07, 6.45) is 2.42. The van der Waals surface area contributed by atoms with Crippen molar-refractivity contribution in [2.45, 2.75) is 31.9 Å². The second-order valence-electron chi connectivity index (χ2n) is 4.42. The second kappa shape index (κ2) is 5.71. The number of nitrogens with two attached hydrogens (primary N) is 1. The van der Waals surface area contributed by atoms with Gasteiger partial charge in [0, 0.05) is 17.7 Å². The van der Waals surface area contributed by atoms with E-state index in [9.17, 15) is 0 Å². The molecule has 1 heterocycles. The largest absolute Gasteiger partial charge is 0.491 e. The molecule has 1 aromatic rings. The first-order chi connectivity index (χ1) is 8.16. The summed E-state index contributed by atoms with van der Waals surface area (Å²) in [5.41, 5.74) is 6.73. The van der Waals surface area contributed by atoms with Crippen molar-refractivity contribution in [2.75, 3.05) is 13.2 Å². The monoisotopic (exact) mass is 255 g/mol. The maximum atomic E-state index is 6.13. The van der Waals surface area contributed by atoms with Crippen molar-refractivity contribution >= 4 is 11.6 Å².